The Bertz CT molecular complexity index is 1140. The summed E-state index contributed by atoms with van der Waals surface area (Å²) < 4.78 is 44.6. The molecule has 0 spiro atoms. The van der Waals surface area contributed by atoms with E-state index in [-0.39, 0.29) is 17.1 Å². The maximum absolute atomic E-state index is 13.1. The summed E-state index contributed by atoms with van der Waals surface area (Å²) in [6.45, 7) is 1.98. The zero-order valence-corrected chi connectivity index (χ0v) is 18.7. The van der Waals surface area contributed by atoms with E-state index < -0.39 is 11.7 Å². The van der Waals surface area contributed by atoms with Crippen LogP contribution in [0.2, 0.25) is 5.28 Å². The fraction of sp³-hybridized carbons (Fsp3) is 0.409. The summed E-state index contributed by atoms with van der Waals surface area (Å²) in [7, 11) is 1.72. The number of ether oxygens (including phenoxy) is 1. The standard InChI is InChI=1S/C22H24ClF3N6O/c1-33-16-3-6-32(7-4-16)19-11-17-18(12-29-19)30-21(23)31-20(17)28-5-2-13-8-14(22(24,25)26)10-15(27)9-13/h8-12,16H,2-7,27H2,1H3,(H,28,30,31). The first kappa shape index (κ1) is 23.3. The Hall–Kier alpha value is -2.85. The molecular weight excluding hydrogens is 457 g/mol. The van der Waals surface area contributed by atoms with Crippen molar-refractivity contribution in [3.8, 4) is 0 Å². The van der Waals surface area contributed by atoms with Crippen LogP contribution in [0.15, 0.2) is 30.5 Å². The number of hydrogen-bond acceptors (Lipinski definition) is 7. The van der Waals surface area contributed by atoms with Crippen LogP contribution in [0.4, 0.5) is 30.5 Å². The van der Waals surface area contributed by atoms with Crippen molar-refractivity contribution >= 4 is 39.8 Å². The van der Waals surface area contributed by atoms with Crippen LogP contribution in [0, 0.1) is 0 Å². The molecule has 176 valence electrons. The number of nitrogens with zero attached hydrogens (tertiary/aromatic N) is 4. The molecule has 3 aromatic rings. The molecule has 7 nitrogen and oxygen atoms in total. The molecule has 0 bridgehead atoms. The number of anilines is 3. The second-order valence-corrected chi connectivity index (χ2v) is 8.30. The van der Waals surface area contributed by atoms with Crippen LogP contribution in [0.3, 0.4) is 0 Å². The third-order valence-electron chi connectivity index (χ3n) is 5.69. The van der Waals surface area contributed by atoms with Crippen molar-refractivity contribution < 1.29 is 17.9 Å². The molecule has 11 heteroatoms. The van der Waals surface area contributed by atoms with Gasteiger partial charge in [0.05, 0.1) is 23.4 Å². The Labute approximate surface area is 194 Å². The number of pyridine rings is 1. The highest BCUT2D eigenvalue weighted by Crippen LogP contribution is 2.32. The number of nitrogen functional groups attached to an aromatic ring is 1. The molecule has 1 aromatic carbocycles. The number of nitrogens with two attached hydrogens (primary N) is 1. The number of piperidine rings is 1. The van der Waals surface area contributed by atoms with E-state index in [1.165, 1.54) is 6.07 Å². The SMILES string of the molecule is COC1CCN(c2cc3c(NCCc4cc(N)cc(C(F)(F)F)c4)nc(Cl)nc3cn2)CC1. The van der Waals surface area contributed by atoms with Gasteiger partial charge in [0.25, 0.3) is 0 Å². The molecule has 1 fully saturated rings. The van der Waals surface area contributed by atoms with Gasteiger partial charge in [0, 0.05) is 37.8 Å². The van der Waals surface area contributed by atoms with Crippen LogP contribution in [-0.4, -0.2) is 47.8 Å². The van der Waals surface area contributed by atoms with E-state index >= 15 is 0 Å². The first-order chi connectivity index (χ1) is 15.7. The van der Waals surface area contributed by atoms with E-state index in [1.54, 1.807) is 13.3 Å². The molecule has 0 radical (unpaired) electrons. The van der Waals surface area contributed by atoms with E-state index in [0.29, 0.717) is 29.9 Å². The summed E-state index contributed by atoms with van der Waals surface area (Å²) in [4.78, 5) is 15.2. The van der Waals surface area contributed by atoms with Crippen LogP contribution < -0.4 is 16.0 Å². The fourth-order valence-electron chi connectivity index (χ4n) is 3.97. The minimum absolute atomic E-state index is 0.0590. The second kappa shape index (κ2) is 9.56. The number of methoxy groups -OCH3 is 1. The van der Waals surface area contributed by atoms with Gasteiger partial charge in [-0.1, -0.05) is 0 Å². The highest BCUT2D eigenvalue weighted by atomic mass is 35.5. The first-order valence-electron chi connectivity index (χ1n) is 10.5. The van der Waals surface area contributed by atoms with Crippen molar-refractivity contribution in [1.82, 2.24) is 15.0 Å². The molecule has 1 saturated heterocycles. The van der Waals surface area contributed by atoms with E-state index in [9.17, 15) is 13.2 Å². The zero-order chi connectivity index (χ0) is 23.6. The maximum atomic E-state index is 13.1. The number of rotatable bonds is 6. The smallest absolute Gasteiger partial charge is 0.399 e. The van der Waals surface area contributed by atoms with Crippen LogP contribution >= 0.6 is 11.6 Å². The zero-order valence-electron chi connectivity index (χ0n) is 18.0. The highest BCUT2D eigenvalue weighted by Gasteiger charge is 2.31. The van der Waals surface area contributed by atoms with Crippen molar-refractivity contribution in [2.45, 2.75) is 31.5 Å². The van der Waals surface area contributed by atoms with Crippen LogP contribution in [0.5, 0.6) is 0 Å². The van der Waals surface area contributed by atoms with E-state index in [4.69, 9.17) is 22.1 Å². The highest BCUT2D eigenvalue weighted by molar-refractivity contribution is 6.28. The molecular formula is C22H24ClF3N6O. The normalized spacial score (nSPS) is 15.2. The van der Waals surface area contributed by atoms with Crippen LogP contribution in [-0.2, 0) is 17.3 Å². The third-order valence-corrected chi connectivity index (χ3v) is 5.86. The Morgan fingerprint density at radius 3 is 2.64 bits per heavy atom. The number of hydrogen-bond donors (Lipinski definition) is 2. The summed E-state index contributed by atoms with van der Waals surface area (Å²) >= 11 is 6.08. The molecule has 4 rings (SSSR count). The van der Waals surface area contributed by atoms with Crippen molar-refractivity contribution in [2.24, 2.45) is 0 Å². The van der Waals surface area contributed by atoms with Crippen molar-refractivity contribution in [3.63, 3.8) is 0 Å². The Kier molecular flexibility index (Phi) is 6.76. The average Bonchev–Trinajstić information content (AvgIpc) is 2.78. The quantitative estimate of drug-likeness (QED) is 0.395. The summed E-state index contributed by atoms with van der Waals surface area (Å²) in [5, 5.41) is 3.97. The molecule has 3 N–H and O–H groups in total. The maximum Gasteiger partial charge on any atom is 0.416 e. The topological polar surface area (TPSA) is 89.2 Å². The minimum atomic E-state index is -4.45. The molecule has 0 unspecified atom stereocenters. The molecule has 1 aliphatic rings. The van der Waals surface area contributed by atoms with Gasteiger partial charge in [-0.05, 0) is 60.7 Å². The average molecular weight is 481 g/mol. The number of fused-ring (bicyclic) bond motifs is 1. The van der Waals surface area contributed by atoms with E-state index in [1.807, 2.05) is 6.07 Å². The second-order valence-electron chi connectivity index (χ2n) is 7.96. The lowest BCUT2D eigenvalue weighted by molar-refractivity contribution is -0.137. The van der Waals surface area contributed by atoms with Crippen LogP contribution in [0.1, 0.15) is 24.0 Å². The lowest BCUT2D eigenvalue weighted by Crippen LogP contribution is -2.37. The molecule has 0 atom stereocenters. The molecule has 1 aliphatic heterocycles. The lowest BCUT2D eigenvalue weighted by Gasteiger charge is -2.32. The van der Waals surface area contributed by atoms with Gasteiger partial charge in [-0.25, -0.2) is 15.0 Å². The molecule has 2 aromatic heterocycles. The van der Waals surface area contributed by atoms with Crippen LogP contribution in [0.25, 0.3) is 10.9 Å². The number of nitrogens with one attached hydrogen (secondary N) is 1. The molecule has 3 heterocycles. The molecule has 0 saturated carbocycles. The number of benzene rings is 1. The van der Waals surface area contributed by atoms with Crippen molar-refractivity contribution in [1.29, 1.82) is 0 Å². The summed E-state index contributed by atoms with van der Waals surface area (Å²) in [6, 6.07) is 5.48. The summed E-state index contributed by atoms with van der Waals surface area (Å²) in [5.41, 5.74) is 6.02. The molecule has 0 aliphatic carbocycles. The van der Waals surface area contributed by atoms with Gasteiger partial charge in [0.2, 0.25) is 5.28 Å². The van der Waals surface area contributed by atoms with Gasteiger partial charge in [0.1, 0.15) is 11.6 Å². The van der Waals surface area contributed by atoms with E-state index in [2.05, 4.69) is 25.2 Å². The Balaban J connectivity index is 1.52. The minimum Gasteiger partial charge on any atom is -0.399 e. The third kappa shape index (κ3) is 5.56. The van der Waals surface area contributed by atoms with Gasteiger partial charge in [-0.3, -0.25) is 0 Å². The van der Waals surface area contributed by atoms with Gasteiger partial charge < -0.3 is 20.7 Å². The van der Waals surface area contributed by atoms with Gasteiger partial charge in [0.15, 0.2) is 0 Å². The molecule has 33 heavy (non-hydrogen) atoms. The molecule has 0 amide bonds. The number of aromatic nitrogens is 3. The van der Waals surface area contributed by atoms with Gasteiger partial charge >= 0.3 is 6.18 Å². The fourth-order valence-corrected chi connectivity index (χ4v) is 4.15. The largest absolute Gasteiger partial charge is 0.416 e. The predicted molar refractivity (Wildman–Crippen MR) is 123 cm³/mol. The Morgan fingerprint density at radius 1 is 1.18 bits per heavy atom. The van der Waals surface area contributed by atoms with E-state index in [0.717, 1.165) is 49.3 Å². The number of halogens is 4. The van der Waals surface area contributed by atoms with Gasteiger partial charge in [-0.2, -0.15) is 13.2 Å². The number of alkyl halides is 3. The first-order valence-corrected chi connectivity index (χ1v) is 10.9. The Morgan fingerprint density at radius 2 is 1.94 bits per heavy atom. The lowest BCUT2D eigenvalue weighted by atomic mass is 10.1. The van der Waals surface area contributed by atoms with Crippen molar-refractivity contribution in [3.05, 3.63) is 46.9 Å². The summed E-state index contributed by atoms with van der Waals surface area (Å²) in [6.07, 6.45) is -0.392. The van der Waals surface area contributed by atoms with Crippen molar-refractivity contribution in [2.75, 3.05) is 42.7 Å². The monoisotopic (exact) mass is 480 g/mol. The summed E-state index contributed by atoms with van der Waals surface area (Å²) in [5.74, 6) is 1.30. The predicted octanol–water partition coefficient (Wildman–Crippen LogP) is 4.55. The van der Waals surface area contributed by atoms with Gasteiger partial charge in [-0.15, -0.1) is 0 Å².